The molecule has 0 saturated carbocycles. The van der Waals surface area contributed by atoms with Gasteiger partial charge in [-0.1, -0.05) is 0 Å². The number of nitrogens with two attached hydrogens (primary N) is 1. The van der Waals surface area contributed by atoms with Crippen LogP contribution in [0.2, 0.25) is 0 Å². The van der Waals surface area contributed by atoms with E-state index in [9.17, 15) is 18.0 Å². The predicted molar refractivity (Wildman–Crippen MR) is 54.4 cm³/mol. The van der Waals surface area contributed by atoms with Crippen molar-refractivity contribution in [3.8, 4) is 5.75 Å². The van der Waals surface area contributed by atoms with Crippen molar-refractivity contribution in [2.45, 2.75) is 12.9 Å². The number of aromatic amines is 1. The van der Waals surface area contributed by atoms with Gasteiger partial charge in [0.15, 0.2) is 5.75 Å². The Morgan fingerprint density at radius 1 is 1.53 bits per heavy atom. The topological polar surface area (TPSA) is 68.1 Å². The molecular formula is C7H6F3IN2O2. The molecule has 0 aliphatic carbocycles. The Hall–Kier alpha value is -0.770. The SMILES string of the molecule is NCc1cc(=O)[nH]c(I)c1OC(F)(F)F. The minimum absolute atomic E-state index is 0.0143. The number of hydrogen-bond acceptors (Lipinski definition) is 3. The van der Waals surface area contributed by atoms with E-state index < -0.39 is 17.7 Å². The Labute approximate surface area is 95.8 Å². The van der Waals surface area contributed by atoms with Crippen molar-refractivity contribution in [1.29, 1.82) is 0 Å². The fourth-order valence-corrected chi connectivity index (χ4v) is 1.67. The molecule has 3 N–H and O–H groups in total. The Bertz CT molecular complexity index is 416. The van der Waals surface area contributed by atoms with E-state index in [1.54, 1.807) is 0 Å². The number of aromatic nitrogens is 1. The third-order valence-electron chi connectivity index (χ3n) is 1.47. The summed E-state index contributed by atoms with van der Waals surface area (Å²) < 4.78 is 39.7. The van der Waals surface area contributed by atoms with Crippen molar-refractivity contribution in [3.63, 3.8) is 0 Å². The zero-order chi connectivity index (χ0) is 11.6. The first-order valence-corrected chi connectivity index (χ1v) is 4.79. The first kappa shape index (κ1) is 12.3. The molecule has 0 bridgehead atoms. The number of ether oxygens (including phenoxy) is 1. The second-order valence-electron chi connectivity index (χ2n) is 2.55. The summed E-state index contributed by atoms with van der Waals surface area (Å²) in [5.41, 5.74) is 4.70. The molecule has 8 heteroatoms. The van der Waals surface area contributed by atoms with Gasteiger partial charge in [-0.2, -0.15) is 0 Å². The highest BCUT2D eigenvalue weighted by Crippen LogP contribution is 2.28. The van der Waals surface area contributed by atoms with Crippen LogP contribution in [0.4, 0.5) is 13.2 Å². The molecule has 0 radical (unpaired) electrons. The molecule has 0 aliphatic heterocycles. The maximum atomic E-state index is 12.0. The summed E-state index contributed by atoms with van der Waals surface area (Å²) in [4.78, 5) is 13.1. The number of H-pyrrole nitrogens is 1. The predicted octanol–water partition coefficient (Wildman–Crippen LogP) is 1.34. The van der Waals surface area contributed by atoms with Crippen LogP contribution in [-0.4, -0.2) is 11.3 Å². The molecule has 0 fully saturated rings. The Morgan fingerprint density at radius 2 is 2.13 bits per heavy atom. The first-order chi connectivity index (χ1) is 6.83. The molecule has 15 heavy (non-hydrogen) atoms. The lowest BCUT2D eigenvalue weighted by atomic mass is 10.2. The highest BCUT2D eigenvalue weighted by Gasteiger charge is 2.33. The second-order valence-corrected chi connectivity index (χ2v) is 3.63. The van der Waals surface area contributed by atoms with Crippen molar-refractivity contribution in [2.75, 3.05) is 0 Å². The Morgan fingerprint density at radius 3 is 2.60 bits per heavy atom. The quantitative estimate of drug-likeness (QED) is 0.634. The lowest BCUT2D eigenvalue weighted by molar-refractivity contribution is -0.275. The number of alkyl halides is 3. The van der Waals surface area contributed by atoms with Crippen LogP contribution < -0.4 is 16.0 Å². The van der Waals surface area contributed by atoms with Gasteiger partial charge in [0, 0.05) is 18.2 Å². The molecule has 84 valence electrons. The number of hydrogen-bond donors (Lipinski definition) is 2. The molecule has 1 aromatic rings. The number of halogens is 4. The van der Waals surface area contributed by atoms with Crippen LogP contribution in [-0.2, 0) is 6.54 Å². The minimum Gasteiger partial charge on any atom is -0.403 e. The van der Waals surface area contributed by atoms with Gasteiger partial charge in [-0.3, -0.25) is 4.79 Å². The molecular weight excluding hydrogens is 328 g/mol. The molecule has 0 aliphatic rings. The highest BCUT2D eigenvalue weighted by molar-refractivity contribution is 14.1. The normalized spacial score (nSPS) is 11.5. The van der Waals surface area contributed by atoms with Gasteiger partial charge in [-0.05, 0) is 22.6 Å². The summed E-state index contributed by atoms with van der Waals surface area (Å²) in [5.74, 6) is -0.454. The molecule has 1 heterocycles. The second kappa shape index (κ2) is 4.39. The van der Waals surface area contributed by atoms with Gasteiger partial charge >= 0.3 is 6.36 Å². The van der Waals surface area contributed by atoms with Crippen molar-refractivity contribution in [1.82, 2.24) is 4.98 Å². The van der Waals surface area contributed by atoms with E-state index in [0.29, 0.717) is 0 Å². The summed E-state index contributed by atoms with van der Waals surface area (Å²) in [5, 5.41) is 0. The smallest absolute Gasteiger partial charge is 0.403 e. The average molecular weight is 334 g/mol. The monoisotopic (exact) mass is 334 g/mol. The van der Waals surface area contributed by atoms with Gasteiger partial charge < -0.3 is 15.5 Å². The van der Waals surface area contributed by atoms with Gasteiger partial charge in [0.1, 0.15) is 3.70 Å². The summed E-state index contributed by atoms with van der Waals surface area (Å²) in [6.45, 7) is -0.203. The number of pyridine rings is 1. The molecule has 4 nitrogen and oxygen atoms in total. The van der Waals surface area contributed by atoms with Crippen molar-refractivity contribution >= 4 is 22.6 Å². The fraction of sp³-hybridized carbons (Fsp3) is 0.286. The van der Waals surface area contributed by atoms with Gasteiger partial charge in [0.25, 0.3) is 0 Å². The first-order valence-electron chi connectivity index (χ1n) is 3.71. The molecule has 0 unspecified atom stereocenters. The molecule has 0 aromatic carbocycles. The maximum Gasteiger partial charge on any atom is 0.573 e. The molecule has 1 rings (SSSR count). The van der Waals surface area contributed by atoms with Crippen LogP contribution in [0.5, 0.6) is 5.75 Å². The van der Waals surface area contributed by atoms with Crippen LogP contribution >= 0.6 is 22.6 Å². The summed E-state index contributed by atoms with van der Waals surface area (Å²) in [7, 11) is 0. The van der Waals surface area contributed by atoms with Gasteiger partial charge in [-0.25, -0.2) is 0 Å². The van der Waals surface area contributed by atoms with E-state index in [1.165, 1.54) is 22.6 Å². The Kier molecular flexibility index (Phi) is 3.60. The van der Waals surface area contributed by atoms with Crippen LogP contribution in [0.25, 0.3) is 0 Å². The Balaban J connectivity index is 3.21. The summed E-state index contributed by atoms with van der Waals surface area (Å²) in [6, 6.07) is 0.975. The molecule has 0 amide bonds. The maximum absolute atomic E-state index is 12.0. The van der Waals surface area contributed by atoms with Crippen LogP contribution in [0.3, 0.4) is 0 Å². The van der Waals surface area contributed by atoms with Gasteiger partial charge in [-0.15, -0.1) is 13.2 Å². The zero-order valence-electron chi connectivity index (χ0n) is 7.19. The summed E-state index contributed by atoms with van der Waals surface area (Å²) >= 11 is 1.54. The number of nitrogens with one attached hydrogen (secondary N) is 1. The van der Waals surface area contributed by atoms with Gasteiger partial charge in [0.2, 0.25) is 5.56 Å². The molecule has 1 aromatic heterocycles. The standard InChI is InChI=1S/C7H6F3IN2O2/c8-7(9,10)15-5-3(2-12)1-4(14)13-6(5)11/h1H,2,12H2,(H,13,14). The van der Waals surface area contributed by atoms with E-state index in [2.05, 4.69) is 9.72 Å². The van der Waals surface area contributed by atoms with Crippen molar-refractivity contribution in [2.24, 2.45) is 5.73 Å². The zero-order valence-corrected chi connectivity index (χ0v) is 9.35. The largest absolute Gasteiger partial charge is 0.573 e. The van der Waals surface area contributed by atoms with Crippen LogP contribution in [0.15, 0.2) is 10.9 Å². The van der Waals surface area contributed by atoms with Crippen LogP contribution in [0, 0.1) is 3.70 Å². The molecule has 0 spiro atoms. The third kappa shape index (κ3) is 3.38. The fourth-order valence-electron chi connectivity index (χ4n) is 0.943. The lowest BCUT2D eigenvalue weighted by Gasteiger charge is -2.13. The summed E-state index contributed by atoms with van der Waals surface area (Å²) in [6.07, 6.45) is -4.80. The van der Waals surface area contributed by atoms with Crippen LogP contribution in [0.1, 0.15) is 5.56 Å². The highest BCUT2D eigenvalue weighted by atomic mass is 127. The lowest BCUT2D eigenvalue weighted by Crippen LogP contribution is -2.22. The van der Waals surface area contributed by atoms with E-state index >= 15 is 0 Å². The van der Waals surface area contributed by atoms with Gasteiger partial charge in [0.05, 0.1) is 0 Å². The van der Waals surface area contributed by atoms with E-state index in [4.69, 9.17) is 5.73 Å². The number of rotatable bonds is 2. The minimum atomic E-state index is -4.80. The van der Waals surface area contributed by atoms with E-state index in [1.807, 2.05) is 0 Å². The van der Waals surface area contributed by atoms with E-state index in [0.717, 1.165) is 6.07 Å². The van der Waals surface area contributed by atoms with E-state index in [-0.39, 0.29) is 15.8 Å². The van der Waals surface area contributed by atoms with Crippen molar-refractivity contribution < 1.29 is 17.9 Å². The molecule has 0 atom stereocenters. The third-order valence-corrected chi connectivity index (χ3v) is 2.23. The molecule has 0 saturated heterocycles. The average Bonchev–Trinajstić information content (AvgIpc) is 2.07. The van der Waals surface area contributed by atoms with Crippen molar-refractivity contribution in [3.05, 3.63) is 25.7 Å².